The van der Waals surface area contributed by atoms with Gasteiger partial charge in [-0.05, 0) is 49.6 Å². The van der Waals surface area contributed by atoms with Gasteiger partial charge >= 0.3 is 5.69 Å². The van der Waals surface area contributed by atoms with Gasteiger partial charge in [-0.15, -0.1) is 0 Å². The highest BCUT2D eigenvalue weighted by Gasteiger charge is 2.30. The topological polar surface area (TPSA) is 99.0 Å². The van der Waals surface area contributed by atoms with E-state index in [1.807, 2.05) is 19.1 Å². The summed E-state index contributed by atoms with van der Waals surface area (Å²) in [6.45, 7) is 2.73. The molecule has 2 aromatic rings. The second kappa shape index (κ2) is 8.62. The van der Waals surface area contributed by atoms with E-state index in [0.29, 0.717) is 24.6 Å². The van der Waals surface area contributed by atoms with Crippen molar-refractivity contribution in [3.63, 3.8) is 0 Å². The standard InChI is InChI=1S/C20H22N2O6S/c1-3-6-15-7-9-19(20(13-15)27-2)28-18-10-8-16(14-17(18)22(23)24)29(25,26)21-11-4-5-12-21/h3,6-10,13-14H,4-5,11-12H2,1-2H3/b6-3+. The number of sulfonamides is 1. The first-order chi connectivity index (χ1) is 13.9. The van der Waals surface area contributed by atoms with Crippen molar-refractivity contribution in [3.8, 4) is 17.2 Å². The Morgan fingerprint density at radius 2 is 1.76 bits per heavy atom. The molecule has 1 heterocycles. The van der Waals surface area contributed by atoms with Gasteiger partial charge in [0, 0.05) is 19.2 Å². The van der Waals surface area contributed by atoms with E-state index in [4.69, 9.17) is 9.47 Å². The van der Waals surface area contributed by atoms with Crippen LogP contribution >= 0.6 is 0 Å². The van der Waals surface area contributed by atoms with E-state index in [1.165, 1.54) is 23.5 Å². The number of nitro benzene ring substituents is 1. The lowest BCUT2D eigenvalue weighted by atomic mass is 10.2. The lowest BCUT2D eigenvalue weighted by Gasteiger charge is -2.16. The minimum atomic E-state index is -3.77. The molecule has 1 fully saturated rings. The van der Waals surface area contributed by atoms with E-state index in [9.17, 15) is 18.5 Å². The summed E-state index contributed by atoms with van der Waals surface area (Å²) < 4.78 is 37.8. The van der Waals surface area contributed by atoms with Crippen LogP contribution in [0.1, 0.15) is 25.3 Å². The number of rotatable bonds is 7. The van der Waals surface area contributed by atoms with E-state index in [1.54, 1.807) is 18.2 Å². The molecule has 1 aliphatic rings. The molecule has 9 heteroatoms. The van der Waals surface area contributed by atoms with Crippen LogP contribution in [0.4, 0.5) is 5.69 Å². The maximum absolute atomic E-state index is 12.7. The molecule has 1 saturated heterocycles. The average Bonchev–Trinajstić information content (AvgIpc) is 3.25. The van der Waals surface area contributed by atoms with Crippen LogP contribution in [0.25, 0.3) is 6.08 Å². The third-order valence-electron chi connectivity index (χ3n) is 4.60. The van der Waals surface area contributed by atoms with Crippen LogP contribution in [0.15, 0.2) is 47.4 Å². The molecule has 0 unspecified atom stereocenters. The lowest BCUT2D eigenvalue weighted by Crippen LogP contribution is -2.27. The molecule has 3 rings (SSSR count). The minimum absolute atomic E-state index is 0.0625. The molecule has 0 atom stereocenters. The van der Waals surface area contributed by atoms with Crippen LogP contribution in [-0.2, 0) is 10.0 Å². The molecule has 0 saturated carbocycles. The fourth-order valence-electron chi connectivity index (χ4n) is 3.15. The van der Waals surface area contributed by atoms with Crippen molar-refractivity contribution in [1.82, 2.24) is 4.31 Å². The molecule has 0 aliphatic carbocycles. The number of nitrogens with zero attached hydrogens (tertiary/aromatic N) is 2. The second-order valence-corrected chi connectivity index (χ2v) is 8.45. The summed E-state index contributed by atoms with van der Waals surface area (Å²) in [5.74, 6) is 0.634. The zero-order valence-corrected chi connectivity index (χ0v) is 17.0. The molecular formula is C20H22N2O6S. The summed E-state index contributed by atoms with van der Waals surface area (Å²) in [7, 11) is -2.29. The SMILES string of the molecule is C/C=C/c1ccc(Oc2ccc(S(=O)(=O)N3CCCC3)cc2[N+](=O)[O-])c(OC)c1. The Morgan fingerprint density at radius 3 is 2.38 bits per heavy atom. The van der Waals surface area contributed by atoms with Gasteiger partial charge in [-0.1, -0.05) is 18.2 Å². The van der Waals surface area contributed by atoms with Gasteiger partial charge < -0.3 is 9.47 Å². The summed E-state index contributed by atoms with van der Waals surface area (Å²) in [5.41, 5.74) is 0.461. The van der Waals surface area contributed by atoms with Gasteiger partial charge in [0.05, 0.1) is 16.9 Å². The van der Waals surface area contributed by atoms with E-state index in [2.05, 4.69) is 0 Å². The smallest absolute Gasteiger partial charge is 0.312 e. The number of ether oxygens (including phenoxy) is 2. The van der Waals surface area contributed by atoms with E-state index in [-0.39, 0.29) is 10.6 Å². The Balaban J connectivity index is 1.97. The second-order valence-electron chi connectivity index (χ2n) is 6.51. The maximum atomic E-state index is 12.7. The monoisotopic (exact) mass is 418 g/mol. The highest BCUT2D eigenvalue weighted by atomic mass is 32.2. The van der Waals surface area contributed by atoms with Crippen molar-refractivity contribution in [2.45, 2.75) is 24.7 Å². The number of nitro groups is 1. The first kappa shape index (κ1) is 20.8. The molecule has 2 aromatic carbocycles. The normalized spacial score (nSPS) is 15.0. The highest BCUT2D eigenvalue weighted by molar-refractivity contribution is 7.89. The van der Waals surface area contributed by atoms with Crippen LogP contribution in [0.3, 0.4) is 0 Å². The van der Waals surface area contributed by atoms with Crippen LogP contribution in [-0.4, -0.2) is 37.8 Å². The highest BCUT2D eigenvalue weighted by Crippen LogP contribution is 2.38. The minimum Gasteiger partial charge on any atom is -0.493 e. The van der Waals surface area contributed by atoms with Gasteiger partial charge in [0.2, 0.25) is 15.8 Å². The summed E-state index contributed by atoms with van der Waals surface area (Å²) in [4.78, 5) is 10.8. The molecular weight excluding hydrogens is 396 g/mol. The van der Waals surface area contributed by atoms with Crippen molar-refractivity contribution in [2.75, 3.05) is 20.2 Å². The average molecular weight is 418 g/mol. The van der Waals surface area contributed by atoms with Crippen molar-refractivity contribution in [3.05, 3.63) is 58.2 Å². The zero-order chi connectivity index (χ0) is 21.0. The molecule has 154 valence electrons. The van der Waals surface area contributed by atoms with Crippen LogP contribution in [0.2, 0.25) is 0 Å². The number of hydrogen-bond donors (Lipinski definition) is 0. The lowest BCUT2D eigenvalue weighted by molar-refractivity contribution is -0.385. The van der Waals surface area contributed by atoms with E-state index >= 15 is 0 Å². The number of hydrogen-bond acceptors (Lipinski definition) is 6. The molecule has 0 spiro atoms. The number of methoxy groups -OCH3 is 1. The molecule has 0 aromatic heterocycles. The zero-order valence-electron chi connectivity index (χ0n) is 16.2. The third kappa shape index (κ3) is 4.41. The van der Waals surface area contributed by atoms with Crippen molar-refractivity contribution in [2.24, 2.45) is 0 Å². The van der Waals surface area contributed by atoms with Gasteiger partial charge in [-0.25, -0.2) is 8.42 Å². The Hall–Kier alpha value is -2.91. The first-order valence-electron chi connectivity index (χ1n) is 9.14. The molecule has 1 aliphatic heterocycles. The van der Waals surface area contributed by atoms with Gasteiger partial charge in [-0.3, -0.25) is 10.1 Å². The summed E-state index contributed by atoms with van der Waals surface area (Å²) >= 11 is 0. The first-order valence-corrected chi connectivity index (χ1v) is 10.6. The van der Waals surface area contributed by atoms with E-state index < -0.39 is 20.6 Å². The van der Waals surface area contributed by atoms with Crippen molar-refractivity contribution in [1.29, 1.82) is 0 Å². The fourth-order valence-corrected chi connectivity index (χ4v) is 4.68. The largest absolute Gasteiger partial charge is 0.493 e. The Kier molecular flexibility index (Phi) is 6.19. The maximum Gasteiger partial charge on any atom is 0.312 e. The van der Waals surface area contributed by atoms with Gasteiger partial charge in [0.25, 0.3) is 0 Å². The molecule has 0 bridgehead atoms. The number of benzene rings is 2. The van der Waals surface area contributed by atoms with Gasteiger partial charge in [-0.2, -0.15) is 4.31 Å². The third-order valence-corrected chi connectivity index (χ3v) is 6.49. The van der Waals surface area contributed by atoms with Gasteiger partial charge in [0.15, 0.2) is 11.5 Å². The molecule has 8 nitrogen and oxygen atoms in total. The Morgan fingerprint density at radius 1 is 1.07 bits per heavy atom. The molecule has 29 heavy (non-hydrogen) atoms. The van der Waals surface area contributed by atoms with Crippen molar-refractivity contribution >= 4 is 21.8 Å². The van der Waals surface area contributed by atoms with Crippen LogP contribution < -0.4 is 9.47 Å². The fraction of sp³-hybridized carbons (Fsp3) is 0.300. The molecule has 0 amide bonds. The summed E-state index contributed by atoms with van der Waals surface area (Å²) in [6, 6.07) is 8.86. The van der Waals surface area contributed by atoms with Crippen molar-refractivity contribution < 1.29 is 22.8 Å². The van der Waals surface area contributed by atoms with Crippen LogP contribution in [0.5, 0.6) is 17.2 Å². The Bertz CT molecular complexity index is 1040. The quantitative estimate of drug-likeness (QED) is 0.493. The Labute approximate surface area is 169 Å². The predicted octanol–water partition coefficient (Wildman–Crippen LogP) is 4.21. The summed E-state index contributed by atoms with van der Waals surface area (Å²) in [5, 5.41) is 11.6. The van der Waals surface area contributed by atoms with Crippen LogP contribution in [0, 0.1) is 10.1 Å². The molecule has 0 radical (unpaired) electrons. The predicted molar refractivity (Wildman–Crippen MR) is 109 cm³/mol. The molecule has 0 N–H and O–H groups in total. The van der Waals surface area contributed by atoms with Gasteiger partial charge in [0.1, 0.15) is 0 Å². The number of allylic oxidation sites excluding steroid dienone is 1. The summed E-state index contributed by atoms with van der Waals surface area (Å²) in [6.07, 6.45) is 5.32. The van der Waals surface area contributed by atoms with E-state index in [0.717, 1.165) is 24.5 Å².